The van der Waals surface area contributed by atoms with E-state index in [0.717, 1.165) is 31.6 Å². The normalized spacial score (nSPS) is 21.9. The number of piperidine rings is 1. The van der Waals surface area contributed by atoms with Crippen LogP contribution in [0.1, 0.15) is 41.6 Å². The third-order valence-electron chi connectivity index (χ3n) is 6.83. The fraction of sp³-hybridized carbons (Fsp3) is 0.333. The minimum Gasteiger partial charge on any atom is -0.438 e. The topological polar surface area (TPSA) is 54.5 Å². The summed E-state index contributed by atoms with van der Waals surface area (Å²) in [5, 5.41) is 2.96. The second kappa shape index (κ2) is 9.89. The number of hydrogen-bond donors (Lipinski definition) is 1. The highest BCUT2D eigenvalue weighted by molar-refractivity contribution is 5.96. The summed E-state index contributed by atoms with van der Waals surface area (Å²) in [6, 6.07) is 18.1. The van der Waals surface area contributed by atoms with Crippen molar-refractivity contribution >= 4 is 5.91 Å². The van der Waals surface area contributed by atoms with E-state index in [1.807, 2.05) is 6.07 Å². The Bertz CT molecular complexity index is 1130. The largest absolute Gasteiger partial charge is 0.438 e. The Hall–Kier alpha value is -3.32. The van der Waals surface area contributed by atoms with E-state index in [-0.39, 0.29) is 11.4 Å². The van der Waals surface area contributed by atoms with Gasteiger partial charge < -0.3 is 10.1 Å². The molecule has 5 rings (SSSR count). The maximum Gasteiger partial charge on any atom is 0.256 e. The molecule has 3 heterocycles. The predicted molar refractivity (Wildman–Crippen MR) is 125 cm³/mol. The Kier molecular flexibility index (Phi) is 6.54. The van der Waals surface area contributed by atoms with E-state index in [1.165, 1.54) is 42.7 Å². The molecule has 0 saturated carbocycles. The number of nitrogens with one attached hydrogen (secondary N) is 1. The number of carbonyl (C=O) groups excluding carboxylic acids is 1. The second-order valence-corrected chi connectivity index (χ2v) is 9.15. The minimum absolute atomic E-state index is 0.0109. The summed E-state index contributed by atoms with van der Waals surface area (Å²) in [6.07, 6.45) is 5.43. The quantitative estimate of drug-likeness (QED) is 0.515. The maximum absolute atomic E-state index is 13.9. The highest BCUT2D eigenvalue weighted by Crippen LogP contribution is 2.39. The van der Waals surface area contributed by atoms with Crippen molar-refractivity contribution in [1.29, 1.82) is 0 Å². The molecule has 2 saturated heterocycles. The predicted octanol–water partition coefficient (Wildman–Crippen LogP) is 5.33. The molecule has 2 aliphatic rings. The van der Waals surface area contributed by atoms with E-state index < -0.39 is 17.5 Å². The number of pyridine rings is 1. The molecule has 1 amide bonds. The van der Waals surface area contributed by atoms with Gasteiger partial charge in [-0.05, 0) is 67.5 Å². The summed E-state index contributed by atoms with van der Waals surface area (Å²) in [7, 11) is 0. The molecule has 34 heavy (non-hydrogen) atoms. The Morgan fingerprint density at radius 2 is 1.71 bits per heavy atom. The van der Waals surface area contributed by atoms with Crippen LogP contribution < -0.4 is 10.1 Å². The molecule has 0 radical (unpaired) electrons. The van der Waals surface area contributed by atoms with Crippen LogP contribution in [0.3, 0.4) is 0 Å². The Morgan fingerprint density at radius 1 is 1.00 bits per heavy atom. The van der Waals surface area contributed by atoms with Crippen molar-refractivity contribution in [3.8, 4) is 11.6 Å². The third-order valence-corrected chi connectivity index (χ3v) is 6.83. The van der Waals surface area contributed by atoms with Crippen LogP contribution in [0.4, 0.5) is 8.78 Å². The Balaban J connectivity index is 1.21. The lowest BCUT2D eigenvalue weighted by Gasteiger charge is -2.39. The lowest BCUT2D eigenvalue weighted by atomic mass is 9.90. The molecule has 2 aromatic carbocycles. The average Bonchev–Trinajstić information content (AvgIpc) is 3.07. The first-order valence-corrected chi connectivity index (χ1v) is 11.7. The first-order chi connectivity index (χ1) is 16.5. The van der Waals surface area contributed by atoms with Crippen molar-refractivity contribution in [1.82, 2.24) is 15.2 Å². The van der Waals surface area contributed by atoms with Crippen LogP contribution in [-0.4, -0.2) is 34.4 Å². The fourth-order valence-electron chi connectivity index (χ4n) is 5.22. The molecule has 3 atom stereocenters. The summed E-state index contributed by atoms with van der Waals surface area (Å²) in [6.45, 7) is 1.49. The fourth-order valence-corrected chi connectivity index (χ4v) is 5.22. The molecular formula is C27H27F2N3O2. The number of ether oxygens (including phenoxy) is 1. The maximum atomic E-state index is 13.9. The van der Waals surface area contributed by atoms with Gasteiger partial charge in [0, 0.05) is 25.2 Å². The van der Waals surface area contributed by atoms with E-state index in [2.05, 4.69) is 39.5 Å². The summed E-state index contributed by atoms with van der Waals surface area (Å²) in [4.78, 5) is 19.5. The lowest BCUT2D eigenvalue weighted by Crippen LogP contribution is -2.45. The molecule has 176 valence electrons. The zero-order chi connectivity index (χ0) is 23.5. The van der Waals surface area contributed by atoms with E-state index >= 15 is 0 Å². The van der Waals surface area contributed by atoms with Gasteiger partial charge in [-0.25, -0.2) is 13.8 Å². The molecule has 5 nitrogen and oxygen atoms in total. The molecule has 1 aromatic heterocycles. The number of amides is 1. The number of benzene rings is 2. The van der Waals surface area contributed by atoms with Gasteiger partial charge in [0.1, 0.15) is 22.9 Å². The summed E-state index contributed by atoms with van der Waals surface area (Å²) < 4.78 is 32.7. The van der Waals surface area contributed by atoms with Gasteiger partial charge in [-0.15, -0.1) is 0 Å². The summed E-state index contributed by atoms with van der Waals surface area (Å²) >= 11 is 0. The van der Waals surface area contributed by atoms with E-state index in [9.17, 15) is 13.6 Å². The van der Waals surface area contributed by atoms with Crippen LogP contribution in [0.15, 0.2) is 66.9 Å². The molecule has 1 unspecified atom stereocenters. The van der Waals surface area contributed by atoms with Crippen LogP contribution in [0.5, 0.6) is 11.6 Å². The van der Waals surface area contributed by atoms with Crippen LogP contribution >= 0.6 is 0 Å². The van der Waals surface area contributed by atoms with Gasteiger partial charge in [-0.1, -0.05) is 30.3 Å². The summed E-state index contributed by atoms with van der Waals surface area (Å²) in [5.74, 6) is -0.773. The Labute approximate surface area is 197 Å². The number of nitrogens with zero attached hydrogens (tertiary/aromatic N) is 2. The van der Waals surface area contributed by atoms with Crippen molar-refractivity contribution in [3.05, 3.63) is 89.6 Å². The number of aromatic nitrogens is 1. The molecule has 7 heteroatoms. The van der Waals surface area contributed by atoms with Crippen molar-refractivity contribution in [3.63, 3.8) is 0 Å². The van der Waals surface area contributed by atoms with Crippen molar-refractivity contribution in [2.24, 2.45) is 5.92 Å². The van der Waals surface area contributed by atoms with Gasteiger partial charge in [0.05, 0.1) is 6.20 Å². The number of rotatable bonds is 7. The average molecular weight is 464 g/mol. The first kappa shape index (κ1) is 22.5. The van der Waals surface area contributed by atoms with Gasteiger partial charge >= 0.3 is 0 Å². The second-order valence-electron chi connectivity index (χ2n) is 9.15. The zero-order valence-corrected chi connectivity index (χ0v) is 18.8. The Morgan fingerprint density at radius 3 is 2.41 bits per heavy atom. The third kappa shape index (κ3) is 5.09. The molecule has 3 aromatic rings. The van der Waals surface area contributed by atoms with Gasteiger partial charge in [0.2, 0.25) is 5.88 Å². The van der Waals surface area contributed by atoms with Gasteiger partial charge in [0.15, 0.2) is 0 Å². The number of fused-ring (bicyclic) bond motifs is 2. The van der Waals surface area contributed by atoms with Crippen molar-refractivity contribution in [2.45, 2.75) is 44.3 Å². The van der Waals surface area contributed by atoms with E-state index in [4.69, 9.17) is 4.74 Å². The smallest absolute Gasteiger partial charge is 0.256 e. The van der Waals surface area contributed by atoms with Crippen LogP contribution in [0, 0.1) is 17.6 Å². The van der Waals surface area contributed by atoms with E-state index in [0.29, 0.717) is 30.3 Å². The number of carbonyl (C=O) groups is 1. The van der Waals surface area contributed by atoms with Gasteiger partial charge in [-0.3, -0.25) is 9.69 Å². The van der Waals surface area contributed by atoms with Crippen LogP contribution in [0.2, 0.25) is 0 Å². The summed E-state index contributed by atoms with van der Waals surface area (Å²) in [5.41, 5.74) is 1.35. The van der Waals surface area contributed by atoms with Gasteiger partial charge in [-0.2, -0.15) is 0 Å². The number of hydrogen-bond acceptors (Lipinski definition) is 4. The molecule has 2 bridgehead atoms. The standard InChI is InChI=1S/C27H27F2N3O2/c28-20-6-10-24(11-7-20)34-27-25(14-21(29)16-31-27)26(33)30-15-19-12-22-8-9-23(13-19)32(22)17-18-4-2-1-3-5-18/h1-7,10-11,14,16,19,22-23H,8-9,12-13,15,17H2,(H,30,33)/t19?,22-,23+. The highest BCUT2D eigenvalue weighted by atomic mass is 19.1. The molecule has 0 spiro atoms. The highest BCUT2D eigenvalue weighted by Gasteiger charge is 2.40. The lowest BCUT2D eigenvalue weighted by molar-refractivity contribution is 0.0848. The number of halogens is 2. The first-order valence-electron chi connectivity index (χ1n) is 11.7. The monoisotopic (exact) mass is 463 g/mol. The molecular weight excluding hydrogens is 436 g/mol. The van der Waals surface area contributed by atoms with Gasteiger partial charge in [0.25, 0.3) is 5.91 Å². The molecule has 2 aliphatic heterocycles. The van der Waals surface area contributed by atoms with Crippen molar-refractivity contribution in [2.75, 3.05) is 6.54 Å². The van der Waals surface area contributed by atoms with Crippen LogP contribution in [0.25, 0.3) is 0 Å². The zero-order valence-electron chi connectivity index (χ0n) is 18.8. The van der Waals surface area contributed by atoms with E-state index in [1.54, 1.807) is 0 Å². The molecule has 0 aliphatic carbocycles. The molecule has 2 fully saturated rings. The SMILES string of the molecule is O=C(NCC1C[C@H]2CC[C@@H](C1)N2Cc1ccccc1)c1cc(F)cnc1Oc1ccc(F)cc1. The van der Waals surface area contributed by atoms with Crippen molar-refractivity contribution < 1.29 is 18.3 Å². The van der Waals surface area contributed by atoms with Crippen LogP contribution in [-0.2, 0) is 6.54 Å². The minimum atomic E-state index is -0.621. The molecule has 1 N–H and O–H groups in total.